The van der Waals surface area contributed by atoms with Crippen molar-refractivity contribution in [3.8, 4) is 11.4 Å². The van der Waals surface area contributed by atoms with Gasteiger partial charge in [0.1, 0.15) is 11.6 Å². The van der Waals surface area contributed by atoms with Crippen molar-refractivity contribution in [3.05, 3.63) is 64.8 Å². The third-order valence-electron chi connectivity index (χ3n) is 7.02. The molecule has 9 nitrogen and oxygen atoms in total. The molecule has 0 bridgehead atoms. The van der Waals surface area contributed by atoms with Gasteiger partial charge in [0.05, 0.1) is 40.7 Å². The number of carbonyl (C=O) groups is 2. The summed E-state index contributed by atoms with van der Waals surface area (Å²) in [7, 11) is -0.662. The molecule has 0 saturated carbocycles. The molecule has 11 heteroatoms. The molecular formula is C29H35BClN3O6. The average molecular weight is 568 g/mol. The van der Waals surface area contributed by atoms with Crippen molar-refractivity contribution < 1.29 is 28.4 Å². The fourth-order valence-electron chi connectivity index (χ4n) is 4.04. The minimum atomic E-state index is -0.662. The predicted molar refractivity (Wildman–Crippen MR) is 155 cm³/mol. The molecule has 0 spiro atoms. The number of nitrogens with one attached hydrogen (secondary N) is 1. The highest BCUT2D eigenvalue weighted by molar-refractivity contribution is 6.62. The Morgan fingerprint density at radius 1 is 1.05 bits per heavy atom. The lowest BCUT2D eigenvalue weighted by Gasteiger charge is -2.32. The van der Waals surface area contributed by atoms with Crippen molar-refractivity contribution >= 4 is 41.9 Å². The number of halogens is 1. The molecule has 1 aliphatic rings. The highest BCUT2D eigenvalue weighted by Crippen LogP contribution is 2.36. The minimum absolute atomic E-state index is 0.0477. The summed E-state index contributed by atoms with van der Waals surface area (Å²) in [5.41, 5.74) is 0.444. The maximum atomic E-state index is 13.5. The molecule has 0 atom stereocenters. The van der Waals surface area contributed by atoms with Crippen LogP contribution in [0.1, 0.15) is 75.2 Å². The topological polar surface area (TPSA) is 101 Å². The Balaban J connectivity index is 1.65. The van der Waals surface area contributed by atoms with Crippen LogP contribution in [0.15, 0.2) is 48.5 Å². The zero-order valence-corrected chi connectivity index (χ0v) is 24.5. The molecule has 0 radical (unpaired) electrons. The quantitative estimate of drug-likeness (QED) is 0.198. The van der Waals surface area contributed by atoms with E-state index in [1.165, 1.54) is 10.7 Å². The van der Waals surface area contributed by atoms with E-state index in [1.807, 2.05) is 39.8 Å². The van der Waals surface area contributed by atoms with Crippen LogP contribution < -0.4 is 15.5 Å². The number of amides is 1. The normalized spacial score (nSPS) is 15.6. The lowest BCUT2D eigenvalue weighted by atomic mass is 9.78. The fraction of sp³-hybridized carbons (Fsp3) is 0.414. The first-order chi connectivity index (χ1) is 19.0. The predicted octanol–water partition coefficient (Wildman–Crippen LogP) is 5.43. The van der Waals surface area contributed by atoms with Gasteiger partial charge in [0.25, 0.3) is 5.91 Å². The first kappa shape index (κ1) is 29.6. The van der Waals surface area contributed by atoms with Gasteiger partial charge in [0.15, 0.2) is 5.69 Å². The molecule has 2 aromatic carbocycles. The summed E-state index contributed by atoms with van der Waals surface area (Å²) in [5.74, 6) is -0.186. The van der Waals surface area contributed by atoms with E-state index in [2.05, 4.69) is 17.3 Å². The van der Waals surface area contributed by atoms with E-state index >= 15 is 0 Å². The first-order valence-corrected chi connectivity index (χ1v) is 13.8. The molecule has 212 valence electrons. The van der Waals surface area contributed by atoms with Gasteiger partial charge in [0.2, 0.25) is 0 Å². The molecule has 1 saturated heterocycles. The number of aromatic nitrogens is 2. The first-order valence-electron chi connectivity index (χ1n) is 13.4. The molecule has 0 unspecified atom stereocenters. The Morgan fingerprint density at radius 2 is 1.77 bits per heavy atom. The van der Waals surface area contributed by atoms with Crippen LogP contribution in [0.25, 0.3) is 5.69 Å². The van der Waals surface area contributed by atoms with Crippen molar-refractivity contribution in [2.24, 2.45) is 0 Å². The molecule has 40 heavy (non-hydrogen) atoms. The van der Waals surface area contributed by atoms with Gasteiger partial charge in [-0.1, -0.05) is 37.1 Å². The molecule has 1 fully saturated rings. The lowest BCUT2D eigenvalue weighted by molar-refractivity contribution is 0.00578. The Morgan fingerprint density at radius 3 is 2.45 bits per heavy atom. The summed E-state index contributed by atoms with van der Waals surface area (Å²) in [4.78, 5) is 26.0. The summed E-state index contributed by atoms with van der Waals surface area (Å²) in [6.45, 7) is 12.4. The van der Waals surface area contributed by atoms with Crippen LogP contribution in [0.2, 0.25) is 5.02 Å². The van der Waals surface area contributed by atoms with Crippen molar-refractivity contribution in [2.45, 2.75) is 65.6 Å². The Labute approximate surface area is 240 Å². The monoisotopic (exact) mass is 567 g/mol. The average Bonchev–Trinajstić information content (AvgIpc) is 3.41. The molecular weight excluding hydrogens is 533 g/mol. The van der Waals surface area contributed by atoms with Crippen LogP contribution in [0, 0.1) is 0 Å². The van der Waals surface area contributed by atoms with Crippen LogP contribution in [0.5, 0.6) is 5.75 Å². The number of ether oxygens (including phenoxy) is 2. The smallest absolute Gasteiger partial charge is 0.494 e. The van der Waals surface area contributed by atoms with Crippen LogP contribution in [-0.2, 0) is 14.0 Å². The molecule has 1 aromatic heterocycles. The largest absolute Gasteiger partial charge is 0.494 e. The molecule has 4 rings (SSSR count). The zero-order valence-electron chi connectivity index (χ0n) is 23.7. The molecule has 3 aromatic rings. The van der Waals surface area contributed by atoms with Crippen molar-refractivity contribution in [1.82, 2.24) is 9.78 Å². The van der Waals surface area contributed by atoms with Gasteiger partial charge >= 0.3 is 13.1 Å². The SMILES string of the molecule is CCCCOc1cccc(-n2nc(C(=O)OCC)cc2NC(=O)c2cc(B3OC(C)(C)C(C)(C)O3)ccc2Cl)c1. The molecule has 0 aliphatic carbocycles. The third kappa shape index (κ3) is 6.35. The molecule has 1 aliphatic heterocycles. The standard InChI is InChI=1S/C29H35BClN3O6/c1-7-9-15-38-21-12-10-11-20(17-21)34-25(18-24(33-34)27(36)37-8-2)32-26(35)22-16-19(13-14-23(22)31)30-39-28(3,4)29(5,6)40-30/h10-14,16-18H,7-9,15H2,1-6H3,(H,32,35). The zero-order chi connectivity index (χ0) is 29.1. The van der Waals surface area contributed by atoms with Crippen molar-refractivity contribution in [3.63, 3.8) is 0 Å². The van der Waals surface area contributed by atoms with E-state index in [0.29, 0.717) is 23.5 Å². The third-order valence-corrected chi connectivity index (χ3v) is 7.35. The van der Waals surface area contributed by atoms with Gasteiger partial charge in [-0.25, -0.2) is 9.48 Å². The maximum absolute atomic E-state index is 13.5. The number of esters is 1. The van der Waals surface area contributed by atoms with Crippen molar-refractivity contribution in [2.75, 3.05) is 18.5 Å². The van der Waals surface area contributed by atoms with Gasteiger partial charge in [-0.15, -0.1) is 0 Å². The van der Waals surface area contributed by atoms with E-state index in [-0.39, 0.29) is 28.7 Å². The minimum Gasteiger partial charge on any atom is -0.494 e. The summed E-state index contributed by atoms with van der Waals surface area (Å²) >= 11 is 6.46. The molecule has 2 heterocycles. The number of benzene rings is 2. The highest BCUT2D eigenvalue weighted by atomic mass is 35.5. The second-order valence-corrected chi connectivity index (χ2v) is 10.9. The fourth-order valence-corrected chi connectivity index (χ4v) is 4.24. The van der Waals surface area contributed by atoms with E-state index in [1.54, 1.807) is 37.3 Å². The number of unbranched alkanes of at least 4 members (excludes halogenated alkanes) is 1. The maximum Gasteiger partial charge on any atom is 0.494 e. The highest BCUT2D eigenvalue weighted by Gasteiger charge is 2.51. The van der Waals surface area contributed by atoms with E-state index in [9.17, 15) is 9.59 Å². The van der Waals surface area contributed by atoms with E-state index < -0.39 is 30.2 Å². The van der Waals surface area contributed by atoms with E-state index in [4.69, 9.17) is 30.4 Å². The lowest BCUT2D eigenvalue weighted by Crippen LogP contribution is -2.41. The number of anilines is 1. The number of nitrogens with zero attached hydrogens (tertiary/aromatic N) is 2. The van der Waals surface area contributed by atoms with Gasteiger partial charge in [0, 0.05) is 12.1 Å². The Kier molecular flexibility index (Phi) is 8.92. The summed E-state index contributed by atoms with van der Waals surface area (Å²) in [6.07, 6.45) is 1.93. The summed E-state index contributed by atoms with van der Waals surface area (Å²) < 4.78 is 24.7. The van der Waals surface area contributed by atoms with Crippen LogP contribution in [0.3, 0.4) is 0 Å². The van der Waals surface area contributed by atoms with Crippen LogP contribution in [0.4, 0.5) is 5.82 Å². The second kappa shape index (κ2) is 12.0. The summed E-state index contributed by atoms with van der Waals surface area (Å²) in [6, 6.07) is 13.8. The van der Waals surface area contributed by atoms with Crippen LogP contribution in [-0.4, -0.2) is 53.2 Å². The number of hydrogen-bond acceptors (Lipinski definition) is 7. The van der Waals surface area contributed by atoms with Gasteiger partial charge in [-0.2, -0.15) is 5.10 Å². The Bertz CT molecular complexity index is 1370. The number of carbonyl (C=O) groups excluding carboxylic acids is 2. The molecule has 1 N–H and O–H groups in total. The second-order valence-electron chi connectivity index (χ2n) is 10.5. The van der Waals surface area contributed by atoms with Crippen LogP contribution >= 0.6 is 11.6 Å². The summed E-state index contributed by atoms with van der Waals surface area (Å²) in [5, 5.41) is 7.52. The number of rotatable bonds is 10. The van der Waals surface area contributed by atoms with Gasteiger partial charge in [-0.3, -0.25) is 4.79 Å². The Hall–Kier alpha value is -3.34. The number of hydrogen-bond donors (Lipinski definition) is 1. The van der Waals surface area contributed by atoms with Crippen molar-refractivity contribution in [1.29, 1.82) is 0 Å². The van der Waals surface area contributed by atoms with Gasteiger partial charge in [-0.05, 0) is 70.8 Å². The molecule has 1 amide bonds. The van der Waals surface area contributed by atoms with Gasteiger partial charge < -0.3 is 24.1 Å². The van der Waals surface area contributed by atoms with E-state index in [0.717, 1.165) is 12.8 Å².